The number of rotatable bonds is 6. The molecule has 1 aliphatic heterocycles. The summed E-state index contributed by atoms with van der Waals surface area (Å²) in [7, 11) is 1.98. The van der Waals surface area contributed by atoms with Gasteiger partial charge in [0, 0.05) is 19.0 Å². The van der Waals surface area contributed by atoms with E-state index in [1.807, 2.05) is 24.9 Å². The second kappa shape index (κ2) is 8.28. The van der Waals surface area contributed by atoms with Gasteiger partial charge in [-0.2, -0.15) is 0 Å². The minimum absolute atomic E-state index is 0.0874. The molecule has 1 aromatic rings. The molecule has 122 valence electrons. The molecule has 0 saturated carbocycles. The summed E-state index contributed by atoms with van der Waals surface area (Å²) in [6, 6.07) is 6.55. The summed E-state index contributed by atoms with van der Waals surface area (Å²) in [6.07, 6.45) is 3.99. The lowest BCUT2D eigenvalue weighted by Crippen LogP contribution is -2.42. The van der Waals surface area contributed by atoms with Gasteiger partial charge in [0.05, 0.1) is 0 Å². The standard InChI is InChI=1S/C18H27FN2O/c1-14(12-16-4-3-5-17(19)13-16)18(22)21-10-7-15(8-11-21)6-9-20-2/h3-5,13-15,20H,6-12H2,1-2H3. The zero-order chi connectivity index (χ0) is 15.9. The second-order valence-corrected chi connectivity index (χ2v) is 6.40. The number of likely N-dealkylation sites (tertiary alicyclic amines) is 1. The third-order valence-electron chi connectivity index (χ3n) is 4.58. The van der Waals surface area contributed by atoms with Crippen molar-refractivity contribution in [3.8, 4) is 0 Å². The summed E-state index contributed by atoms with van der Waals surface area (Å²) < 4.78 is 13.2. The molecule has 1 N–H and O–H groups in total. The van der Waals surface area contributed by atoms with Crippen molar-refractivity contribution in [2.45, 2.75) is 32.6 Å². The van der Waals surface area contributed by atoms with E-state index in [1.54, 1.807) is 6.07 Å². The zero-order valence-electron chi connectivity index (χ0n) is 13.6. The van der Waals surface area contributed by atoms with E-state index in [2.05, 4.69) is 5.32 Å². The van der Waals surface area contributed by atoms with Gasteiger partial charge >= 0.3 is 0 Å². The Kier molecular flexibility index (Phi) is 6.37. The molecule has 1 aromatic carbocycles. The van der Waals surface area contributed by atoms with E-state index < -0.39 is 0 Å². The number of benzene rings is 1. The quantitative estimate of drug-likeness (QED) is 0.876. The first-order valence-corrected chi connectivity index (χ1v) is 8.28. The van der Waals surface area contributed by atoms with Gasteiger partial charge in [-0.1, -0.05) is 19.1 Å². The Labute approximate surface area is 132 Å². The molecule has 0 radical (unpaired) electrons. The number of nitrogens with one attached hydrogen (secondary N) is 1. The lowest BCUT2D eigenvalue weighted by molar-refractivity contribution is -0.136. The molecule has 0 aromatic heterocycles. The average molecular weight is 306 g/mol. The van der Waals surface area contributed by atoms with Crippen LogP contribution in [0, 0.1) is 17.7 Å². The molecule has 2 rings (SSSR count). The van der Waals surface area contributed by atoms with Gasteiger partial charge in [-0.15, -0.1) is 0 Å². The Morgan fingerprint density at radius 3 is 2.77 bits per heavy atom. The fourth-order valence-electron chi connectivity index (χ4n) is 3.21. The van der Waals surface area contributed by atoms with Crippen LogP contribution in [0.3, 0.4) is 0 Å². The normalized spacial score (nSPS) is 17.5. The molecule has 22 heavy (non-hydrogen) atoms. The highest BCUT2D eigenvalue weighted by atomic mass is 19.1. The number of hydrogen-bond acceptors (Lipinski definition) is 2. The fourth-order valence-corrected chi connectivity index (χ4v) is 3.21. The van der Waals surface area contributed by atoms with Crippen LogP contribution in [0.5, 0.6) is 0 Å². The van der Waals surface area contributed by atoms with E-state index in [0.29, 0.717) is 6.42 Å². The summed E-state index contributed by atoms with van der Waals surface area (Å²) in [6.45, 7) is 4.72. The Bertz CT molecular complexity index is 484. The van der Waals surface area contributed by atoms with E-state index in [0.717, 1.165) is 44.0 Å². The molecule has 1 aliphatic rings. The van der Waals surface area contributed by atoms with Gasteiger partial charge in [-0.3, -0.25) is 4.79 Å². The predicted molar refractivity (Wildman–Crippen MR) is 87.1 cm³/mol. The Hall–Kier alpha value is -1.42. The van der Waals surface area contributed by atoms with Crippen LogP contribution >= 0.6 is 0 Å². The molecular weight excluding hydrogens is 279 g/mol. The van der Waals surface area contributed by atoms with Crippen molar-refractivity contribution in [1.82, 2.24) is 10.2 Å². The fraction of sp³-hybridized carbons (Fsp3) is 0.611. The van der Waals surface area contributed by atoms with Crippen molar-refractivity contribution in [3.63, 3.8) is 0 Å². The topological polar surface area (TPSA) is 32.3 Å². The SMILES string of the molecule is CNCCC1CCN(C(=O)C(C)Cc2cccc(F)c2)CC1. The third kappa shape index (κ3) is 4.80. The molecule has 1 saturated heterocycles. The molecule has 0 bridgehead atoms. The first-order chi connectivity index (χ1) is 10.6. The summed E-state index contributed by atoms with van der Waals surface area (Å²) in [5, 5.41) is 3.19. The maximum Gasteiger partial charge on any atom is 0.225 e. The van der Waals surface area contributed by atoms with Gasteiger partial charge in [-0.05, 0) is 62.9 Å². The van der Waals surface area contributed by atoms with Crippen LogP contribution in [0.15, 0.2) is 24.3 Å². The van der Waals surface area contributed by atoms with Gasteiger partial charge in [0.1, 0.15) is 5.82 Å². The molecule has 1 atom stereocenters. The van der Waals surface area contributed by atoms with E-state index >= 15 is 0 Å². The predicted octanol–water partition coefficient (Wildman–Crippen LogP) is 2.85. The number of carbonyl (C=O) groups is 1. The molecule has 0 spiro atoms. The second-order valence-electron chi connectivity index (χ2n) is 6.40. The van der Waals surface area contributed by atoms with Crippen LogP contribution < -0.4 is 5.32 Å². The zero-order valence-corrected chi connectivity index (χ0v) is 13.6. The average Bonchev–Trinajstić information content (AvgIpc) is 2.52. The first kappa shape index (κ1) is 16.9. The Balaban J connectivity index is 1.81. The number of hydrogen-bond donors (Lipinski definition) is 1. The Morgan fingerprint density at radius 2 is 2.14 bits per heavy atom. The van der Waals surface area contributed by atoms with Gasteiger partial charge in [0.15, 0.2) is 0 Å². The van der Waals surface area contributed by atoms with Crippen LogP contribution in [-0.2, 0) is 11.2 Å². The monoisotopic (exact) mass is 306 g/mol. The third-order valence-corrected chi connectivity index (χ3v) is 4.58. The largest absolute Gasteiger partial charge is 0.342 e. The van der Waals surface area contributed by atoms with Crippen LogP contribution in [-0.4, -0.2) is 37.5 Å². The van der Waals surface area contributed by atoms with Gasteiger partial charge in [0.25, 0.3) is 0 Å². The Morgan fingerprint density at radius 1 is 1.41 bits per heavy atom. The van der Waals surface area contributed by atoms with Crippen molar-refractivity contribution in [2.75, 3.05) is 26.7 Å². The first-order valence-electron chi connectivity index (χ1n) is 8.28. The summed E-state index contributed by atoms with van der Waals surface area (Å²) in [4.78, 5) is 14.5. The smallest absolute Gasteiger partial charge is 0.225 e. The number of amides is 1. The van der Waals surface area contributed by atoms with Crippen molar-refractivity contribution >= 4 is 5.91 Å². The molecule has 3 nitrogen and oxygen atoms in total. The van der Waals surface area contributed by atoms with Crippen LogP contribution in [0.4, 0.5) is 4.39 Å². The summed E-state index contributed by atoms with van der Waals surface area (Å²) >= 11 is 0. The summed E-state index contributed by atoms with van der Waals surface area (Å²) in [5.41, 5.74) is 0.893. The molecule has 4 heteroatoms. The molecule has 1 unspecified atom stereocenters. The van der Waals surface area contributed by atoms with Crippen molar-refractivity contribution in [2.24, 2.45) is 11.8 Å². The number of halogens is 1. The van der Waals surface area contributed by atoms with Crippen molar-refractivity contribution in [3.05, 3.63) is 35.6 Å². The minimum Gasteiger partial charge on any atom is -0.342 e. The maximum absolute atomic E-state index is 13.2. The van der Waals surface area contributed by atoms with E-state index in [9.17, 15) is 9.18 Å². The molecule has 1 amide bonds. The van der Waals surface area contributed by atoms with Gasteiger partial charge < -0.3 is 10.2 Å². The highest BCUT2D eigenvalue weighted by Crippen LogP contribution is 2.22. The molecular formula is C18H27FN2O. The number of nitrogens with zero attached hydrogens (tertiary/aromatic N) is 1. The molecule has 0 aliphatic carbocycles. The lowest BCUT2D eigenvalue weighted by Gasteiger charge is -2.33. The van der Waals surface area contributed by atoms with Crippen molar-refractivity contribution in [1.29, 1.82) is 0 Å². The minimum atomic E-state index is -0.234. The summed E-state index contributed by atoms with van der Waals surface area (Å²) in [5.74, 6) is 0.615. The van der Waals surface area contributed by atoms with Gasteiger partial charge in [0.2, 0.25) is 5.91 Å². The highest BCUT2D eigenvalue weighted by molar-refractivity contribution is 5.78. The van der Waals surface area contributed by atoms with Crippen LogP contribution in [0.25, 0.3) is 0 Å². The van der Waals surface area contributed by atoms with E-state index in [4.69, 9.17) is 0 Å². The van der Waals surface area contributed by atoms with Crippen LogP contribution in [0.2, 0.25) is 0 Å². The maximum atomic E-state index is 13.2. The van der Waals surface area contributed by atoms with E-state index in [1.165, 1.54) is 18.6 Å². The van der Waals surface area contributed by atoms with E-state index in [-0.39, 0.29) is 17.6 Å². The van der Waals surface area contributed by atoms with Crippen LogP contribution in [0.1, 0.15) is 31.7 Å². The number of piperidine rings is 1. The molecule has 1 heterocycles. The van der Waals surface area contributed by atoms with Crippen molar-refractivity contribution < 1.29 is 9.18 Å². The molecule has 1 fully saturated rings. The number of carbonyl (C=O) groups excluding carboxylic acids is 1. The highest BCUT2D eigenvalue weighted by Gasteiger charge is 2.25. The lowest BCUT2D eigenvalue weighted by atomic mass is 9.92. The van der Waals surface area contributed by atoms with Gasteiger partial charge in [-0.25, -0.2) is 4.39 Å².